The van der Waals surface area contributed by atoms with Crippen LogP contribution in [0.2, 0.25) is 5.15 Å². The summed E-state index contributed by atoms with van der Waals surface area (Å²) in [6, 6.07) is 9.31. The minimum Gasteiger partial charge on any atom is -0.506 e. The number of carbonyl (C=O) groups excluding carboxylic acids is 1. The highest BCUT2D eigenvalue weighted by Crippen LogP contribution is 2.26. The van der Waals surface area contributed by atoms with Gasteiger partial charge in [0, 0.05) is 11.9 Å². The fourth-order valence-electron chi connectivity index (χ4n) is 2.01. The predicted octanol–water partition coefficient (Wildman–Crippen LogP) is 2.80. The van der Waals surface area contributed by atoms with Crippen molar-refractivity contribution in [3.8, 4) is 5.75 Å². The Labute approximate surface area is 129 Å². The third kappa shape index (κ3) is 2.51. The van der Waals surface area contributed by atoms with E-state index < -0.39 is 22.8 Å². The maximum Gasteiger partial charge on any atom is 0.353 e. The number of nitrogens with one attached hydrogen (secondary N) is 1. The number of benzene rings is 1. The van der Waals surface area contributed by atoms with E-state index in [0.29, 0.717) is 5.69 Å². The molecule has 0 aliphatic rings. The third-order valence-corrected chi connectivity index (χ3v) is 3.20. The molecule has 0 saturated carbocycles. The summed E-state index contributed by atoms with van der Waals surface area (Å²) < 4.78 is 5.04. The third-order valence-electron chi connectivity index (χ3n) is 3.00. The molecule has 2 N–H and O–H groups in total. The van der Waals surface area contributed by atoms with Crippen LogP contribution >= 0.6 is 11.6 Å². The highest BCUT2D eigenvalue weighted by Gasteiger charge is 2.21. The van der Waals surface area contributed by atoms with Crippen molar-refractivity contribution in [2.45, 2.75) is 0 Å². The van der Waals surface area contributed by atoms with Crippen molar-refractivity contribution in [2.75, 3.05) is 5.32 Å². The summed E-state index contributed by atoms with van der Waals surface area (Å²) in [5, 5.41) is 13.1. The number of fused-ring (bicyclic) bond motifs is 1. The molecule has 0 atom stereocenters. The van der Waals surface area contributed by atoms with Crippen LogP contribution in [0.5, 0.6) is 5.75 Å². The van der Waals surface area contributed by atoms with E-state index in [1.54, 1.807) is 18.2 Å². The van der Waals surface area contributed by atoms with Crippen LogP contribution in [0.3, 0.4) is 0 Å². The van der Waals surface area contributed by atoms with Crippen LogP contribution in [0.25, 0.3) is 11.0 Å². The number of aromatic hydroxyl groups is 1. The first-order chi connectivity index (χ1) is 10.6. The van der Waals surface area contributed by atoms with Crippen molar-refractivity contribution in [2.24, 2.45) is 0 Å². The van der Waals surface area contributed by atoms with Crippen molar-refractivity contribution in [3.63, 3.8) is 0 Å². The second-order valence-electron chi connectivity index (χ2n) is 4.43. The molecule has 1 aromatic carbocycles. The van der Waals surface area contributed by atoms with Crippen LogP contribution in [0, 0.1) is 0 Å². The first-order valence-electron chi connectivity index (χ1n) is 6.24. The Kier molecular flexibility index (Phi) is 3.52. The van der Waals surface area contributed by atoms with Gasteiger partial charge in [0.1, 0.15) is 16.5 Å². The van der Waals surface area contributed by atoms with E-state index in [0.717, 1.165) is 0 Å². The lowest BCUT2D eigenvalue weighted by atomic mass is 10.1. The van der Waals surface area contributed by atoms with E-state index in [2.05, 4.69) is 10.3 Å². The molecule has 110 valence electrons. The van der Waals surface area contributed by atoms with Gasteiger partial charge in [0.25, 0.3) is 5.91 Å². The molecular weight excluding hydrogens is 308 g/mol. The SMILES string of the molecule is O=C(Nc1ccnc(Cl)c1)c1c(O)c2ccccc2oc1=O. The van der Waals surface area contributed by atoms with Crippen LogP contribution in [0.4, 0.5) is 5.69 Å². The summed E-state index contributed by atoms with van der Waals surface area (Å²) in [7, 11) is 0. The van der Waals surface area contributed by atoms with Gasteiger partial charge in [-0.1, -0.05) is 23.7 Å². The van der Waals surface area contributed by atoms with Crippen LogP contribution in [0.1, 0.15) is 10.4 Å². The van der Waals surface area contributed by atoms with Gasteiger partial charge in [0.15, 0.2) is 5.56 Å². The normalized spacial score (nSPS) is 10.6. The van der Waals surface area contributed by atoms with E-state index >= 15 is 0 Å². The summed E-state index contributed by atoms with van der Waals surface area (Å²) in [5.74, 6) is -1.22. The molecule has 0 radical (unpaired) electrons. The summed E-state index contributed by atoms with van der Waals surface area (Å²) in [4.78, 5) is 27.9. The van der Waals surface area contributed by atoms with Gasteiger partial charge >= 0.3 is 5.63 Å². The van der Waals surface area contributed by atoms with Gasteiger partial charge in [-0.2, -0.15) is 0 Å². The van der Waals surface area contributed by atoms with Crippen molar-refractivity contribution in [1.82, 2.24) is 4.98 Å². The monoisotopic (exact) mass is 316 g/mol. The molecule has 2 heterocycles. The lowest BCUT2D eigenvalue weighted by Gasteiger charge is -2.07. The Balaban J connectivity index is 2.06. The molecule has 7 heteroatoms. The predicted molar refractivity (Wildman–Crippen MR) is 81.3 cm³/mol. The molecule has 0 fully saturated rings. The summed E-state index contributed by atoms with van der Waals surface area (Å²) >= 11 is 5.72. The first-order valence-corrected chi connectivity index (χ1v) is 6.62. The Bertz CT molecular complexity index is 936. The number of nitrogens with zero attached hydrogens (tertiary/aromatic N) is 1. The van der Waals surface area contributed by atoms with Crippen LogP contribution < -0.4 is 10.9 Å². The molecule has 2 aromatic heterocycles. The second-order valence-corrected chi connectivity index (χ2v) is 4.82. The number of halogens is 1. The zero-order chi connectivity index (χ0) is 15.7. The summed E-state index contributed by atoms with van der Waals surface area (Å²) in [5.41, 5.74) is -0.842. The molecule has 1 amide bonds. The van der Waals surface area contributed by atoms with Crippen LogP contribution in [0.15, 0.2) is 51.8 Å². The maximum atomic E-state index is 12.2. The van der Waals surface area contributed by atoms with Crippen LogP contribution in [-0.4, -0.2) is 16.0 Å². The topological polar surface area (TPSA) is 92.4 Å². The average molecular weight is 317 g/mol. The minimum absolute atomic E-state index is 0.188. The van der Waals surface area contributed by atoms with Gasteiger partial charge in [-0.15, -0.1) is 0 Å². The summed E-state index contributed by atoms with van der Waals surface area (Å²) in [6.45, 7) is 0. The Morgan fingerprint density at radius 1 is 1.27 bits per heavy atom. The Morgan fingerprint density at radius 2 is 2.05 bits per heavy atom. The van der Waals surface area contributed by atoms with Crippen molar-refractivity contribution in [3.05, 3.63) is 63.7 Å². The smallest absolute Gasteiger partial charge is 0.353 e. The largest absolute Gasteiger partial charge is 0.506 e. The number of hydrogen-bond acceptors (Lipinski definition) is 5. The molecule has 0 saturated heterocycles. The van der Waals surface area contributed by atoms with Gasteiger partial charge in [-0.05, 0) is 24.3 Å². The zero-order valence-electron chi connectivity index (χ0n) is 11.0. The number of amides is 1. The van der Waals surface area contributed by atoms with Crippen molar-refractivity contribution in [1.29, 1.82) is 0 Å². The highest BCUT2D eigenvalue weighted by molar-refractivity contribution is 6.29. The fourth-order valence-corrected chi connectivity index (χ4v) is 2.18. The fraction of sp³-hybridized carbons (Fsp3) is 0. The highest BCUT2D eigenvalue weighted by atomic mass is 35.5. The quantitative estimate of drug-likeness (QED) is 0.560. The molecule has 0 aliphatic carbocycles. The number of rotatable bonds is 2. The van der Waals surface area contributed by atoms with Crippen molar-refractivity contribution >= 4 is 34.2 Å². The van der Waals surface area contributed by atoms with Crippen LogP contribution in [-0.2, 0) is 0 Å². The first kappa shape index (κ1) is 14.1. The molecule has 0 spiro atoms. The lowest BCUT2D eigenvalue weighted by molar-refractivity contribution is 0.102. The number of carbonyl (C=O) groups is 1. The minimum atomic E-state index is -0.922. The number of para-hydroxylation sites is 1. The Morgan fingerprint density at radius 3 is 2.82 bits per heavy atom. The number of aromatic nitrogens is 1. The number of anilines is 1. The number of hydrogen-bond donors (Lipinski definition) is 2. The average Bonchev–Trinajstić information content (AvgIpc) is 2.47. The molecule has 3 rings (SSSR count). The second kappa shape index (κ2) is 5.50. The van der Waals surface area contributed by atoms with Gasteiger partial charge < -0.3 is 14.8 Å². The van der Waals surface area contributed by atoms with Gasteiger partial charge in [0.2, 0.25) is 0 Å². The standard InChI is InChI=1S/C15H9ClN2O4/c16-11-7-8(5-6-17-11)18-14(20)12-13(19)9-3-1-2-4-10(9)22-15(12)21/h1-7,19H,(H,17,18,20). The zero-order valence-corrected chi connectivity index (χ0v) is 11.8. The van der Waals surface area contributed by atoms with E-state index in [9.17, 15) is 14.7 Å². The van der Waals surface area contributed by atoms with Gasteiger partial charge in [-0.3, -0.25) is 4.79 Å². The van der Waals surface area contributed by atoms with E-state index in [1.807, 2.05) is 0 Å². The molecule has 22 heavy (non-hydrogen) atoms. The molecule has 6 nitrogen and oxygen atoms in total. The van der Waals surface area contributed by atoms with Crippen molar-refractivity contribution < 1.29 is 14.3 Å². The maximum absolute atomic E-state index is 12.2. The molecule has 3 aromatic rings. The molecule has 0 unspecified atom stereocenters. The van der Waals surface area contributed by atoms with Gasteiger partial charge in [0.05, 0.1) is 5.39 Å². The van der Waals surface area contributed by atoms with E-state index in [-0.39, 0.29) is 16.1 Å². The lowest BCUT2D eigenvalue weighted by Crippen LogP contribution is -2.21. The van der Waals surface area contributed by atoms with E-state index in [4.69, 9.17) is 16.0 Å². The molecular formula is C15H9ClN2O4. The summed E-state index contributed by atoms with van der Waals surface area (Å²) in [6.07, 6.45) is 1.40. The molecule has 0 aliphatic heterocycles. The van der Waals surface area contributed by atoms with Gasteiger partial charge in [-0.25, -0.2) is 9.78 Å². The molecule has 0 bridgehead atoms. The number of pyridine rings is 1. The van der Waals surface area contributed by atoms with E-state index in [1.165, 1.54) is 24.4 Å². The Hall–Kier alpha value is -2.86.